The van der Waals surface area contributed by atoms with Crippen molar-refractivity contribution in [3.63, 3.8) is 0 Å². The lowest BCUT2D eigenvalue weighted by Gasteiger charge is -2.37. The lowest BCUT2D eigenvalue weighted by Crippen LogP contribution is -2.60. The van der Waals surface area contributed by atoms with Crippen LogP contribution in [0.4, 0.5) is 10.1 Å². The van der Waals surface area contributed by atoms with E-state index in [1.54, 1.807) is 0 Å². The topological polar surface area (TPSA) is 180 Å². The van der Waals surface area contributed by atoms with Crippen LogP contribution in [0.3, 0.4) is 0 Å². The number of nitrogens with one attached hydrogen (secondary N) is 1. The van der Waals surface area contributed by atoms with Gasteiger partial charge in [0, 0.05) is 34.0 Å². The molecular weight excluding hydrogens is 545 g/mol. The maximum absolute atomic E-state index is 16.2. The van der Waals surface area contributed by atoms with Gasteiger partial charge in [-0.25, -0.2) is 14.0 Å². The van der Waals surface area contributed by atoms with Crippen molar-refractivity contribution in [2.45, 2.75) is 68.5 Å². The molecule has 1 aliphatic carbocycles. The number of piperidine rings is 1. The Morgan fingerprint density at radius 2 is 1.93 bits per heavy atom. The summed E-state index contributed by atoms with van der Waals surface area (Å²) < 4.78 is 68.8. The number of nitrogens with zero attached hydrogens (tertiary/aromatic N) is 2. The number of aliphatic hydroxyl groups excluding tert-OH is 3. The first-order valence-corrected chi connectivity index (χ1v) is 13.2. The molecule has 4 heterocycles. The molecule has 0 amide bonds. The number of methoxy groups -OCH3 is 1. The van der Waals surface area contributed by atoms with Gasteiger partial charge in [-0.15, -0.1) is 0 Å². The SMILES string of the molecule is [2H]C1([2H])[C@@H]2CCCN[C@@H]2C([2H])([2H])N1c1c(F)cc2c(=O)c(C(=O)OC3OC(C(=O)O)C(O)C(O)C3O)cn(C3CC3)c2c1OC. The van der Waals surface area contributed by atoms with E-state index >= 15 is 4.39 Å². The zero-order valence-corrected chi connectivity index (χ0v) is 21.8. The van der Waals surface area contributed by atoms with Crippen LogP contribution < -0.4 is 20.4 Å². The standard InChI is InChI=1S/C27H32FN3O10/c1-39-23-17-13(7-15(28)18(23)30-8-11-3-2-6-29-16(11)10-30)19(32)14(9-31(17)12-4-5-12)26(38)41-27-22(35)20(33)21(34)24(40-27)25(36)37/h7,9,11-12,16,20-22,24,27,29,33-35H,2-6,8,10H2,1H3,(H,36,37)/t11-,16+,20?,21?,22?,24?,27?/m0/s1/i8D2,10D2. The average molecular weight is 582 g/mol. The Kier molecular flexibility index (Phi) is 5.97. The average Bonchev–Trinajstić information content (AvgIpc) is 3.81. The van der Waals surface area contributed by atoms with Crippen molar-refractivity contribution in [3.8, 4) is 5.75 Å². The normalized spacial score (nSPS) is 35.5. The number of hydrogen-bond acceptors (Lipinski definition) is 11. The number of fused-ring (bicyclic) bond motifs is 2. The predicted molar refractivity (Wildman–Crippen MR) is 139 cm³/mol. The van der Waals surface area contributed by atoms with Gasteiger partial charge in [-0.05, 0) is 44.2 Å². The summed E-state index contributed by atoms with van der Waals surface area (Å²) in [6.07, 6.45) is -7.11. The molecule has 4 fully saturated rings. The largest absolute Gasteiger partial charge is 0.492 e. The number of benzene rings is 1. The summed E-state index contributed by atoms with van der Waals surface area (Å²) in [6.45, 7) is -4.30. The van der Waals surface area contributed by atoms with Gasteiger partial charge in [0.1, 0.15) is 29.6 Å². The number of carbonyl (C=O) groups excluding carboxylic acids is 1. The molecule has 1 saturated carbocycles. The van der Waals surface area contributed by atoms with Crippen LogP contribution in [-0.4, -0.2) is 100 Å². The Morgan fingerprint density at radius 3 is 2.59 bits per heavy atom. The first kappa shape index (κ1) is 23.3. The van der Waals surface area contributed by atoms with Crippen LogP contribution in [0, 0.1) is 11.7 Å². The van der Waals surface area contributed by atoms with Crippen molar-refractivity contribution in [1.82, 2.24) is 9.88 Å². The number of esters is 1. The first-order chi connectivity index (χ1) is 21.1. The summed E-state index contributed by atoms with van der Waals surface area (Å²) in [5.74, 6) is -5.42. The van der Waals surface area contributed by atoms with E-state index in [0.717, 1.165) is 17.2 Å². The molecule has 0 bridgehead atoms. The Labute approximate surface area is 238 Å². The summed E-state index contributed by atoms with van der Waals surface area (Å²) in [7, 11) is 1.18. The number of ether oxygens (including phenoxy) is 3. The van der Waals surface area contributed by atoms with E-state index in [0.29, 0.717) is 32.2 Å². The number of hydrogen-bond donors (Lipinski definition) is 5. The highest BCUT2D eigenvalue weighted by Gasteiger charge is 2.49. The Hall–Kier alpha value is -3.30. The molecule has 6 rings (SSSR count). The third-order valence-corrected chi connectivity index (χ3v) is 7.84. The molecule has 5 N–H and O–H groups in total. The monoisotopic (exact) mass is 581 g/mol. The number of carboxylic acid groups (broad SMARTS) is 1. The summed E-state index contributed by atoms with van der Waals surface area (Å²) in [4.78, 5) is 39.1. The minimum atomic E-state index is -2.41. The second-order valence-corrected chi connectivity index (χ2v) is 10.6. The minimum Gasteiger partial charge on any atom is -0.492 e. The van der Waals surface area contributed by atoms with Gasteiger partial charge < -0.3 is 49.4 Å². The van der Waals surface area contributed by atoms with Crippen LogP contribution in [0.5, 0.6) is 5.75 Å². The first-order valence-electron chi connectivity index (χ1n) is 15.2. The molecule has 3 aliphatic heterocycles. The summed E-state index contributed by atoms with van der Waals surface area (Å²) in [5.41, 5.74) is -2.25. The lowest BCUT2D eigenvalue weighted by atomic mass is 9.94. The molecule has 3 saturated heterocycles. The van der Waals surface area contributed by atoms with E-state index in [1.807, 2.05) is 0 Å². The van der Waals surface area contributed by atoms with Crippen LogP contribution in [0.2, 0.25) is 0 Å². The fourth-order valence-electron chi connectivity index (χ4n) is 5.58. The molecule has 4 aliphatic rings. The van der Waals surface area contributed by atoms with E-state index in [9.17, 15) is 34.8 Å². The number of carbonyl (C=O) groups is 2. The molecule has 0 spiro atoms. The van der Waals surface area contributed by atoms with Crippen LogP contribution in [0.25, 0.3) is 10.9 Å². The molecule has 41 heavy (non-hydrogen) atoms. The molecule has 1 aromatic carbocycles. The van der Waals surface area contributed by atoms with Crippen molar-refractivity contribution < 1.29 is 54.1 Å². The van der Waals surface area contributed by atoms with E-state index in [2.05, 4.69) is 5.32 Å². The predicted octanol–water partition coefficient (Wildman–Crippen LogP) is -0.279. The van der Waals surface area contributed by atoms with Crippen molar-refractivity contribution in [2.24, 2.45) is 5.92 Å². The number of pyridine rings is 1. The molecule has 13 nitrogen and oxygen atoms in total. The number of anilines is 1. The second-order valence-electron chi connectivity index (χ2n) is 10.6. The molecule has 222 valence electrons. The van der Waals surface area contributed by atoms with Crippen molar-refractivity contribution in [3.05, 3.63) is 33.9 Å². The fourth-order valence-corrected chi connectivity index (χ4v) is 5.58. The van der Waals surface area contributed by atoms with Gasteiger partial charge in [-0.3, -0.25) is 4.79 Å². The Bertz CT molecular complexity index is 1600. The molecular formula is C27H32FN3O10. The third-order valence-electron chi connectivity index (χ3n) is 7.84. The quantitative estimate of drug-likeness (QED) is 0.282. The van der Waals surface area contributed by atoms with Gasteiger partial charge >= 0.3 is 11.9 Å². The van der Waals surface area contributed by atoms with Crippen molar-refractivity contribution >= 4 is 28.5 Å². The van der Waals surface area contributed by atoms with Gasteiger partial charge in [-0.2, -0.15) is 0 Å². The Balaban J connectivity index is 1.47. The highest BCUT2D eigenvalue weighted by molar-refractivity contribution is 5.98. The van der Waals surface area contributed by atoms with Gasteiger partial charge in [0.2, 0.25) is 11.7 Å². The van der Waals surface area contributed by atoms with E-state index < -0.39 is 90.1 Å². The number of aliphatic hydroxyl groups is 3. The summed E-state index contributed by atoms with van der Waals surface area (Å²) in [6, 6.07) is -0.492. The zero-order valence-electron chi connectivity index (χ0n) is 25.8. The van der Waals surface area contributed by atoms with Crippen LogP contribution in [0.15, 0.2) is 17.1 Å². The van der Waals surface area contributed by atoms with E-state index in [4.69, 9.17) is 19.7 Å². The van der Waals surface area contributed by atoms with Crippen LogP contribution in [-0.2, 0) is 14.3 Å². The van der Waals surface area contributed by atoms with Crippen LogP contribution in [0.1, 0.15) is 47.6 Å². The number of carboxylic acids is 1. The summed E-state index contributed by atoms with van der Waals surface area (Å²) in [5, 5.41) is 42.2. The minimum absolute atomic E-state index is 0.00850. The zero-order chi connectivity index (χ0) is 32.7. The summed E-state index contributed by atoms with van der Waals surface area (Å²) >= 11 is 0. The van der Waals surface area contributed by atoms with Gasteiger partial charge in [0.15, 0.2) is 17.7 Å². The molecule has 0 radical (unpaired) electrons. The number of aromatic nitrogens is 1. The highest BCUT2D eigenvalue weighted by Crippen LogP contribution is 2.45. The van der Waals surface area contributed by atoms with Crippen LogP contribution >= 0.6 is 0 Å². The van der Waals surface area contributed by atoms with Crippen molar-refractivity contribution in [1.29, 1.82) is 0 Å². The number of aliphatic carboxylic acids is 1. The van der Waals surface area contributed by atoms with E-state index in [1.165, 1.54) is 11.7 Å². The number of rotatable bonds is 6. The Morgan fingerprint density at radius 1 is 1.17 bits per heavy atom. The molecule has 7 atom stereocenters. The molecule has 5 unspecified atom stereocenters. The second kappa shape index (κ2) is 10.5. The number of halogens is 1. The van der Waals surface area contributed by atoms with Gasteiger partial charge in [0.05, 0.1) is 20.8 Å². The molecule has 1 aromatic heterocycles. The molecule has 2 aromatic rings. The maximum Gasteiger partial charge on any atom is 0.346 e. The van der Waals surface area contributed by atoms with Gasteiger partial charge in [-0.1, -0.05) is 0 Å². The van der Waals surface area contributed by atoms with E-state index in [-0.39, 0.29) is 22.7 Å². The fraction of sp³-hybridized carbons (Fsp3) is 0.593. The van der Waals surface area contributed by atoms with Crippen molar-refractivity contribution in [2.75, 3.05) is 31.5 Å². The lowest BCUT2D eigenvalue weighted by molar-refractivity contribution is -0.278. The van der Waals surface area contributed by atoms with Gasteiger partial charge in [0.25, 0.3) is 0 Å². The molecule has 14 heteroatoms. The highest BCUT2D eigenvalue weighted by atomic mass is 19.1. The maximum atomic E-state index is 16.2. The third kappa shape index (κ3) is 4.73. The smallest absolute Gasteiger partial charge is 0.346 e.